The van der Waals surface area contributed by atoms with E-state index in [0.717, 1.165) is 25.0 Å². The maximum Gasteiger partial charge on any atom is 0.130 e. The van der Waals surface area contributed by atoms with Gasteiger partial charge in [-0.15, -0.1) is 0 Å². The summed E-state index contributed by atoms with van der Waals surface area (Å²) in [5.41, 5.74) is 10.3. The van der Waals surface area contributed by atoms with Crippen molar-refractivity contribution >= 4 is 37.4 Å². The van der Waals surface area contributed by atoms with E-state index >= 15 is 0 Å². The van der Waals surface area contributed by atoms with E-state index in [1.54, 1.807) is 5.19 Å². The summed E-state index contributed by atoms with van der Waals surface area (Å²) in [4.78, 5) is 2.63. The number of nitrogens with zero attached hydrogens (tertiary/aromatic N) is 1. The van der Waals surface area contributed by atoms with Crippen LogP contribution in [-0.4, -0.2) is 8.80 Å². The lowest BCUT2D eigenvalue weighted by molar-refractivity contribution is 0.410. The van der Waals surface area contributed by atoms with E-state index in [1.165, 1.54) is 68.4 Å². The van der Waals surface area contributed by atoms with Gasteiger partial charge in [-0.2, -0.15) is 0 Å². The molecule has 4 aliphatic carbocycles. The second-order valence-corrected chi connectivity index (χ2v) is 17.5. The summed E-state index contributed by atoms with van der Waals surface area (Å²) in [7, 11) is -0.809. The highest BCUT2D eigenvalue weighted by molar-refractivity contribution is 6.78. The molecule has 2 nitrogen and oxygen atoms in total. The molecule has 4 aromatic rings. The molecule has 0 spiro atoms. The Kier molecular flexibility index (Phi) is 7.30. The monoisotopic (exact) mass is 664 g/mol. The molecule has 5 unspecified atom stereocenters. The first-order valence-electron chi connectivity index (χ1n) is 18.6. The number of anilines is 1. The van der Waals surface area contributed by atoms with Crippen molar-refractivity contribution in [1.82, 2.24) is 0 Å². The lowest BCUT2D eigenvalue weighted by Crippen LogP contribution is -2.35. The number of fused-ring (bicyclic) bond motifs is 7. The number of hydrogen-bond donors (Lipinski definition) is 0. The van der Waals surface area contributed by atoms with Crippen LogP contribution in [0, 0.1) is 11.8 Å². The van der Waals surface area contributed by atoms with E-state index in [-0.39, 0.29) is 0 Å². The van der Waals surface area contributed by atoms with Crippen molar-refractivity contribution in [3.8, 4) is 5.75 Å². The van der Waals surface area contributed by atoms with Crippen molar-refractivity contribution in [2.24, 2.45) is 11.8 Å². The number of allylic oxidation sites excluding steroid dienone is 9. The highest BCUT2D eigenvalue weighted by Gasteiger charge is 2.46. The number of hydrogen-bond acceptors (Lipinski definition) is 2. The minimum Gasteiger partial charge on any atom is -0.460 e. The molecule has 0 aromatic heterocycles. The largest absolute Gasteiger partial charge is 0.460 e. The molecule has 5 atom stereocenters. The fourth-order valence-corrected chi connectivity index (χ4v) is 12.4. The van der Waals surface area contributed by atoms with Crippen molar-refractivity contribution < 1.29 is 4.74 Å². The molecule has 245 valence electrons. The van der Waals surface area contributed by atoms with Gasteiger partial charge < -0.3 is 9.64 Å². The molecule has 0 saturated heterocycles. The fraction of sp³-hybridized carbons (Fsp3) is 0.234. The molecule has 10 rings (SSSR count). The van der Waals surface area contributed by atoms with Crippen molar-refractivity contribution in [3.63, 3.8) is 0 Å². The van der Waals surface area contributed by atoms with E-state index in [9.17, 15) is 0 Å². The van der Waals surface area contributed by atoms with Crippen LogP contribution in [0.25, 0.3) is 17.7 Å². The van der Waals surface area contributed by atoms with Crippen LogP contribution >= 0.6 is 0 Å². The van der Waals surface area contributed by atoms with Gasteiger partial charge in [0.2, 0.25) is 0 Å². The average molecular weight is 665 g/mol. The summed E-state index contributed by atoms with van der Waals surface area (Å²) in [5.74, 6) is 3.95. The quantitative estimate of drug-likeness (QED) is 0.197. The molecular weight excluding hydrogens is 623 g/mol. The Morgan fingerprint density at radius 3 is 2.52 bits per heavy atom. The summed E-state index contributed by atoms with van der Waals surface area (Å²) >= 11 is 0. The minimum atomic E-state index is -0.809. The Bertz CT molecular complexity index is 2290. The van der Waals surface area contributed by atoms with Crippen molar-refractivity contribution in [3.05, 3.63) is 178 Å². The number of para-hydroxylation sites is 1. The number of rotatable bonds is 5. The zero-order chi connectivity index (χ0) is 33.2. The first kappa shape index (κ1) is 30.0. The van der Waals surface area contributed by atoms with Crippen molar-refractivity contribution in [2.45, 2.75) is 56.0 Å². The Morgan fingerprint density at radius 2 is 1.64 bits per heavy atom. The standard InChI is InChI=1S/C47H42NOSi/c1-50-44-28-27-40-39-16-8-10-18-43(39)49-47(40)46(44)41-26-25-37(30-45(41)50)48(36-23-21-33(22-24-36)31-11-3-2-4-12-31)42-17-9-7-15-38(42)35-20-19-32-13-5-6-14-34(32)29-35/h2-14,16-19,21,23-26,29-30,33,35,38,40,44H,15,20,22,27-28H2,1H3. The molecule has 3 heteroatoms. The van der Waals surface area contributed by atoms with Crippen LogP contribution in [0.5, 0.6) is 5.75 Å². The van der Waals surface area contributed by atoms with Crippen LogP contribution in [-0.2, 0) is 0 Å². The molecule has 1 radical (unpaired) electrons. The molecule has 0 saturated carbocycles. The molecule has 0 fully saturated rings. The van der Waals surface area contributed by atoms with Gasteiger partial charge in [0.15, 0.2) is 0 Å². The van der Waals surface area contributed by atoms with Gasteiger partial charge in [-0.05, 0) is 101 Å². The molecule has 50 heavy (non-hydrogen) atoms. The Labute approximate surface area is 297 Å². The molecule has 2 aliphatic heterocycles. The third-order valence-electron chi connectivity index (χ3n) is 12.2. The molecule has 0 amide bonds. The zero-order valence-electron chi connectivity index (χ0n) is 28.6. The maximum absolute atomic E-state index is 6.69. The third-order valence-corrected chi connectivity index (χ3v) is 15.1. The summed E-state index contributed by atoms with van der Waals surface area (Å²) < 4.78 is 6.69. The van der Waals surface area contributed by atoms with E-state index < -0.39 is 8.80 Å². The minimum absolute atomic E-state index is 0.393. The molecule has 4 aromatic carbocycles. The van der Waals surface area contributed by atoms with Crippen LogP contribution in [0.3, 0.4) is 0 Å². The zero-order valence-corrected chi connectivity index (χ0v) is 29.6. The molecule has 0 N–H and O–H groups in total. The molecule has 6 aliphatic rings. The number of ether oxygens (including phenoxy) is 1. The molecule has 2 heterocycles. The van der Waals surface area contributed by atoms with Crippen LogP contribution in [0.1, 0.15) is 60.6 Å². The Hall–Kier alpha value is -4.86. The van der Waals surface area contributed by atoms with Crippen LogP contribution in [0.2, 0.25) is 12.1 Å². The first-order valence-corrected chi connectivity index (χ1v) is 20.7. The molecular formula is C47H42NOSi. The van der Waals surface area contributed by atoms with E-state index in [4.69, 9.17) is 4.74 Å². The second kappa shape index (κ2) is 12.2. The summed E-state index contributed by atoms with van der Waals surface area (Å²) in [6, 6.07) is 36.0. The van der Waals surface area contributed by atoms with Gasteiger partial charge >= 0.3 is 0 Å². The van der Waals surface area contributed by atoms with Crippen molar-refractivity contribution in [1.29, 1.82) is 0 Å². The SMILES string of the molecule is C[Si]1c2cc(N(C3=CCC(c4ccccc4)C=C3)C3=CC=CCC3C3C=c4ccccc4=CC3)ccc2C2=C3Oc4ccccc4C3CCC21. The third kappa shape index (κ3) is 4.89. The average Bonchev–Trinajstić information content (AvgIpc) is 3.70. The second-order valence-electron chi connectivity index (χ2n) is 14.9. The maximum atomic E-state index is 6.69. The van der Waals surface area contributed by atoms with Gasteiger partial charge in [0.05, 0.1) is 8.80 Å². The molecule has 0 bridgehead atoms. The van der Waals surface area contributed by atoms with E-state index in [1.807, 2.05) is 0 Å². The van der Waals surface area contributed by atoms with Crippen molar-refractivity contribution in [2.75, 3.05) is 4.90 Å². The predicted molar refractivity (Wildman–Crippen MR) is 209 cm³/mol. The van der Waals surface area contributed by atoms with Crippen LogP contribution in [0.4, 0.5) is 5.69 Å². The fourth-order valence-electron chi connectivity index (χ4n) is 9.68. The Morgan fingerprint density at radius 1 is 0.800 bits per heavy atom. The topological polar surface area (TPSA) is 12.5 Å². The van der Waals surface area contributed by atoms with Gasteiger partial charge in [-0.3, -0.25) is 0 Å². The first-order chi connectivity index (χ1) is 24.7. The van der Waals surface area contributed by atoms with Gasteiger partial charge in [0, 0.05) is 40.4 Å². The van der Waals surface area contributed by atoms with Gasteiger partial charge in [-0.1, -0.05) is 127 Å². The van der Waals surface area contributed by atoms with Crippen LogP contribution in [0.15, 0.2) is 151 Å². The summed E-state index contributed by atoms with van der Waals surface area (Å²) in [6.45, 7) is 2.55. The van der Waals surface area contributed by atoms with E-state index in [2.05, 4.69) is 157 Å². The number of benzene rings is 4. The van der Waals surface area contributed by atoms with Crippen LogP contribution < -0.4 is 25.3 Å². The van der Waals surface area contributed by atoms with Gasteiger partial charge in [0.1, 0.15) is 11.5 Å². The smallest absolute Gasteiger partial charge is 0.130 e. The van der Waals surface area contributed by atoms with Gasteiger partial charge in [0.25, 0.3) is 0 Å². The highest BCUT2D eigenvalue weighted by Crippen LogP contribution is 2.56. The van der Waals surface area contributed by atoms with E-state index in [0.29, 0.717) is 29.2 Å². The lowest BCUT2D eigenvalue weighted by Gasteiger charge is -2.38. The Balaban J connectivity index is 1.06. The summed E-state index contributed by atoms with van der Waals surface area (Å²) in [6.07, 6.45) is 25.0. The predicted octanol–water partition coefficient (Wildman–Crippen LogP) is 9.26. The summed E-state index contributed by atoms with van der Waals surface area (Å²) in [5, 5.41) is 4.31. The normalized spacial score (nSPS) is 25.9. The lowest BCUT2D eigenvalue weighted by atomic mass is 9.79. The van der Waals surface area contributed by atoms with Gasteiger partial charge in [-0.25, -0.2) is 0 Å². The highest BCUT2D eigenvalue weighted by atomic mass is 28.3.